The minimum absolute atomic E-state index is 0.194. The number of ether oxygens (including phenoxy) is 3. The van der Waals surface area contributed by atoms with Crippen LogP contribution in [-0.4, -0.2) is 31.6 Å². The third-order valence-electron chi connectivity index (χ3n) is 5.31. The maximum Gasteiger partial charge on any atom is 0.335 e. The van der Waals surface area contributed by atoms with Crippen molar-refractivity contribution in [1.29, 1.82) is 0 Å². The molecule has 1 fully saturated rings. The Morgan fingerprint density at radius 3 is 2.31 bits per heavy atom. The summed E-state index contributed by atoms with van der Waals surface area (Å²) in [4.78, 5) is 39.0. The van der Waals surface area contributed by atoms with Crippen molar-refractivity contribution in [2.45, 2.75) is 13.5 Å². The molecule has 36 heavy (non-hydrogen) atoms. The molecule has 9 heteroatoms. The molecule has 3 aromatic carbocycles. The van der Waals surface area contributed by atoms with Gasteiger partial charge in [-0.3, -0.25) is 14.9 Å². The Bertz CT molecular complexity index is 1320. The summed E-state index contributed by atoms with van der Waals surface area (Å²) < 4.78 is 16.7. The van der Waals surface area contributed by atoms with Gasteiger partial charge in [0.25, 0.3) is 11.8 Å². The number of benzene rings is 3. The van der Waals surface area contributed by atoms with Gasteiger partial charge < -0.3 is 14.2 Å². The first-order chi connectivity index (χ1) is 17.4. The summed E-state index contributed by atoms with van der Waals surface area (Å²) >= 11 is 5.92. The molecule has 1 N–H and O–H groups in total. The van der Waals surface area contributed by atoms with Gasteiger partial charge in [0, 0.05) is 5.02 Å². The van der Waals surface area contributed by atoms with Crippen molar-refractivity contribution in [3.63, 3.8) is 0 Å². The van der Waals surface area contributed by atoms with Crippen molar-refractivity contribution in [1.82, 2.24) is 5.32 Å². The van der Waals surface area contributed by atoms with Crippen molar-refractivity contribution in [3.8, 4) is 17.2 Å². The summed E-state index contributed by atoms with van der Waals surface area (Å²) in [5.74, 6) is -0.0192. The lowest BCUT2D eigenvalue weighted by Gasteiger charge is -2.26. The van der Waals surface area contributed by atoms with Crippen molar-refractivity contribution in [3.05, 3.63) is 88.5 Å². The van der Waals surface area contributed by atoms with E-state index in [0.717, 1.165) is 10.5 Å². The standard InChI is InChI=1S/C27H23ClN2O6/c1-3-35-21-11-9-20(10-12-21)30-26(32)22(25(31)29-27(30)33)14-18-6-13-23(24(15-18)34-2)36-16-17-4-7-19(28)8-5-17/h4-15H,3,16H2,1-2H3,(H,29,31,33)/b22-14-. The number of hydrogen-bond acceptors (Lipinski definition) is 6. The zero-order chi connectivity index (χ0) is 25.7. The highest BCUT2D eigenvalue weighted by atomic mass is 35.5. The van der Waals surface area contributed by atoms with E-state index >= 15 is 0 Å². The van der Waals surface area contributed by atoms with Crippen LogP contribution in [0.2, 0.25) is 5.02 Å². The first kappa shape index (κ1) is 24.8. The molecule has 0 radical (unpaired) electrons. The van der Waals surface area contributed by atoms with E-state index < -0.39 is 17.8 Å². The number of nitrogens with one attached hydrogen (secondary N) is 1. The van der Waals surface area contributed by atoms with Gasteiger partial charge >= 0.3 is 6.03 Å². The molecule has 0 bridgehead atoms. The maximum absolute atomic E-state index is 13.1. The van der Waals surface area contributed by atoms with Crippen LogP contribution in [0.15, 0.2) is 72.3 Å². The van der Waals surface area contributed by atoms with Gasteiger partial charge in [-0.2, -0.15) is 0 Å². The average molecular weight is 507 g/mol. The summed E-state index contributed by atoms with van der Waals surface area (Å²) in [5.41, 5.74) is 1.56. The SMILES string of the molecule is CCOc1ccc(N2C(=O)NC(=O)/C(=C/c3ccc(OCc4ccc(Cl)cc4)c(OC)c3)C2=O)cc1. The van der Waals surface area contributed by atoms with Crippen molar-refractivity contribution in [2.75, 3.05) is 18.6 Å². The summed E-state index contributed by atoms with van der Waals surface area (Å²) in [7, 11) is 1.49. The van der Waals surface area contributed by atoms with E-state index in [1.54, 1.807) is 54.6 Å². The normalized spacial score (nSPS) is 14.6. The molecule has 1 saturated heterocycles. The Hall–Kier alpha value is -4.30. The molecule has 4 rings (SSSR count). The Balaban J connectivity index is 1.56. The van der Waals surface area contributed by atoms with E-state index in [1.807, 2.05) is 19.1 Å². The maximum atomic E-state index is 13.1. The molecular weight excluding hydrogens is 484 g/mol. The van der Waals surface area contributed by atoms with Crippen LogP contribution in [-0.2, 0) is 16.2 Å². The summed E-state index contributed by atoms with van der Waals surface area (Å²) in [6, 6.07) is 17.9. The molecule has 8 nitrogen and oxygen atoms in total. The van der Waals surface area contributed by atoms with E-state index in [-0.39, 0.29) is 5.57 Å². The molecule has 1 heterocycles. The molecule has 0 atom stereocenters. The number of nitrogens with zero attached hydrogens (tertiary/aromatic N) is 1. The van der Waals surface area contributed by atoms with Crippen molar-refractivity contribution in [2.24, 2.45) is 0 Å². The number of imide groups is 2. The number of urea groups is 1. The lowest BCUT2D eigenvalue weighted by atomic mass is 10.1. The van der Waals surface area contributed by atoms with Crippen LogP contribution >= 0.6 is 11.6 Å². The van der Waals surface area contributed by atoms with Crippen LogP contribution < -0.4 is 24.4 Å². The van der Waals surface area contributed by atoms with Crippen molar-refractivity contribution >= 4 is 41.2 Å². The van der Waals surface area contributed by atoms with Gasteiger partial charge in [0.2, 0.25) is 0 Å². The van der Waals surface area contributed by atoms with Gasteiger partial charge in [0.05, 0.1) is 19.4 Å². The molecule has 0 saturated carbocycles. The molecule has 4 amide bonds. The highest BCUT2D eigenvalue weighted by molar-refractivity contribution is 6.39. The van der Waals surface area contributed by atoms with Gasteiger partial charge in [0.15, 0.2) is 11.5 Å². The first-order valence-electron chi connectivity index (χ1n) is 11.1. The number of carbonyl (C=O) groups excluding carboxylic acids is 3. The first-order valence-corrected chi connectivity index (χ1v) is 11.5. The van der Waals surface area contributed by atoms with Gasteiger partial charge in [-0.1, -0.05) is 29.8 Å². The van der Waals surface area contributed by atoms with E-state index in [1.165, 1.54) is 13.2 Å². The van der Waals surface area contributed by atoms with Crippen LogP contribution in [0, 0.1) is 0 Å². The predicted octanol–water partition coefficient (Wildman–Crippen LogP) is 4.99. The van der Waals surface area contributed by atoms with E-state index in [2.05, 4.69) is 5.32 Å². The Morgan fingerprint density at radius 2 is 1.64 bits per heavy atom. The minimum Gasteiger partial charge on any atom is -0.494 e. The lowest BCUT2D eigenvalue weighted by Crippen LogP contribution is -2.54. The second-order valence-corrected chi connectivity index (χ2v) is 8.15. The second kappa shape index (κ2) is 11.0. The number of barbiturate groups is 1. The van der Waals surface area contributed by atoms with E-state index in [9.17, 15) is 14.4 Å². The molecule has 0 spiro atoms. The zero-order valence-electron chi connectivity index (χ0n) is 19.6. The molecule has 184 valence electrons. The fourth-order valence-electron chi connectivity index (χ4n) is 3.55. The topological polar surface area (TPSA) is 94.2 Å². The van der Waals surface area contributed by atoms with Crippen LogP contribution in [0.4, 0.5) is 10.5 Å². The molecule has 0 aliphatic carbocycles. The second-order valence-electron chi connectivity index (χ2n) is 7.71. The molecule has 1 aliphatic rings. The Morgan fingerprint density at radius 1 is 0.917 bits per heavy atom. The van der Waals surface area contributed by atoms with Gasteiger partial charge in [-0.25, -0.2) is 9.69 Å². The number of hydrogen-bond donors (Lipinski definition) is 1. The lowest BCUT2D eigenvalue weighted by molar-refractivity contribution is -0.122. The predicted molar refractivity (Wildman–Crippen MR) is 135 cm³/mol. The Kier molecular flexibility index (Phi) is 7.56. The molecule has 1 aliphatic heterocycles. The third kappa shape index (κ3) is 5.50. The third-order valence-corrected chi connectivity index (χ3v) is 5.57. The average Bonchev–Trinajstić information content (AvgIpc) is 2.87. The molecule has 3 aromatic rings. The number of methoxy groups -OCH3 is 1. The smallest absolute Gasteiger partial charge is 0.335 e. The van der Waals surface area contributed by atoms with E-state index in [4.69, 9.17) is 25.8 Å². The highest BCUT2D eigenvalue weighted by Gasteiger charge is 2.36. The monoisotopic (exact) mass is 506 g/mol. The summed E-state index contributed by atoms with van der Waals surface area (Å²) in [6.45, 7) is 2.64. The quantitative estimate of drug-likeness (QED) is 0.341. The van der Waals surface area contributed by atoms with Crippen molar-refractivity contribution < 1.29 is 28.6 Å². The van der Waals surface area contributed by atoms with Crippen LogP contribution in [0.5, 0.6) is 17.2 Å². The molecular formula is C27H23ClN2O6. The zero-order valence-corrected chi connectivity index (χ0v) is 20.4. The fourth-order valence-corrected chi connectivity index (χ4v) is 3.68. The van der Waals surface area contributed by atoms with Gasteiger partial charge in [0.1, 0.15) is 17.9 Å². The number of amides is 4. The summed E-state index contributed by atoms with van der Waals surface area (Å²) in [6.07, 6.45) is 1.40. The van der Waals surface area contributed by atoms with Gasteiger partial charge in [-0.15, -0.1) is 0 Å². The van der Waals surface area contributed by atoms with Crippen LogP contribution in [0.3, 0.4) is 0 Å². The fraction of sp³-hybridized carbons (Fsp3) is 0.148. The number of halogens is 1. The highest BCUT2D eigenvalue weighted by Crippen LogP contribution is 2.31. The van der Waals surface area contributed by atoms with E-state index in [0.29, 0.717) is 46.7 Å². The van der Waals surface area contributed by atoms with Gasteiger partial charge in [-0.05, 0) is 72.7 Å². The molecule has 0 aromatic heterocycles. The van der Waals surface area contributed by atoms with Crippen LogP contribution in [0.25, 0.3) is 6.08 Å². The number of rotatable bonds is 8. The van der Waals surface area contributed by atoms with Crippen LogP contribution in [0.1, 0.15) is 18.1 Å². The summed E-state index contributed by atoms with van der Waals surface area (Å²) in [5, 5.41) is 2.85. The molecule has 0 unspecified atom stereocenters. The minimum atomic E-state index is -0.824. The number of carbonyl (C=O) groups is 3. The Labute approximate surface area is 213 Å². The number of anilines is 1. The largest absolute Gasteiger partial charge is 0.494 e.